The highest BCUT2D eigenvalue weighted by Crippen LogP contribution is 2.24. The number of fused-ring (bicyclic) bond motifs is 1. The minimum atomic E-state index is 0.433. The monoisotopic (exact) mass is 142 g/mol. The van der Waals surface area contributed by atoms with Crippen molar-refractivity contribution >= 4 is 0 Å². The number of hydrogen-bond acceptors (Lipinski definition) is 2. The van der Waals surface area contributed by atoms with E-state index in [4.69, 9.17) is 9.47 Å². The van der Waals surface area contributed by atoms with Gasteiger partial charge in [0.2, 0.25) is 0 Å². The fourth-order valence-electron chi connectivity index (χ4n) is 1.79. The Kier molecular flexibility index (Phi) is 1.91. The van der Waals surface area contributed by atoms with Crippen LogP contribution in [0.3, 0.4) is 0 Å². The Morgan fingerprint density at radius 2 is 1.30 bits per heavy atom. The topological polar surface area (TPSA) is 18.5 Å². The highest BCUT2D eigenvalue weighted by Gasteiger charge is 2.28. The molecule has 2 fully saturated rings. The second-order valence-electron chi connectivity index (χ2n) is 3.10. The molecule has 2 rings (SSSR count). The summed E-state index contributed by atoms with van der Waals surface area (Å²) >= 11 is 0. The van der Waals surface area contributed by atoms with Gasteiger partial charge in [0.25, 0.3) is 0 Å². The molecule has 2 saturated heterocycles. The molecule has 58 valence electrons. The lowest BCUT2D eigenvalue weighted by Crippen LogP contribution is -2.39. The molecule has 10 heavy (non-hydrogen) atoms. The minimum absolute atomic E-state index is 0.433. The van der Waals surface area contributed by atoms with Crippen molar-refractivity contribution in [3.05, 3.63) is 0 Å². The average Bonchev–Trinajstić information content (AvgIpc) is 2.05. The maximum Gasteiger partial charge on any atom is 0.0837 e. The molecule has 0 aromatic carbocycles. The van der Waals surface area contributed by atoms with Gasteiger partial charge >= 0.3 is 0 Å². The van der Waals surface area contributed by atoms with E-state index in [0.717, 1.165) is 13.2 Å². The zero-order chi connectivity index (χ0) is 6.81. The van der Waals surface area contributed by atoms with Crippen molar-refractivity contribution in [2.45, 2.75) is 37.9 Å². The summed E-state index contributed by atoms with van der Waals surface area (Å²) in [7, 11) is 0. The summed E-state index contributed by atoms with van der Waals surface area (Å²) in [6.45, 7) is 1.90. The second kappa shape index (κ2) is 2.89. The second-order valence-corrected chi connectivity index (χ2v) is 3.10. The van der Waals surface area contributed by atoms with Crippen LogP contribution in [0.15, 0.2) is 0 Å². The molecule has 2 nitrogen and oxygen atoms in total. The molecule has 2 aliphatic heterocycles. The lowest BCUT2D eigenvalue weighted by Gasteiger charge is -2.35. The van der Waals surface area contributed by atoms with Gasteiger partial charge in [-0.1, -0.05) is 0 Å². The molecule has 2 heterocycles. The summed E-state index contributed by atoms with van der Waals surface area (Å²) in [6.07, 6.45) is 5.66. The summed E-state index contributed by atoms with van der Waals surface area (Å²) in [5, 5.41) is 0. The van der Waals surface area contributed by atoms with E-state index in [1.54, 1.807) is 0 Å². The van der Waals surface area contributed by atoms with Gasteiger partial charge in [0.1, 0.15) is 0 Å². The third kappa shape index (κ3) is 1.18. The predicted octanol–water partition coefficient (Wildman–Crippen LogP) is 1.34. The van der Waals surface area contributed by atoms with E-state index in [-0.39, 0.29) is 0 Å². The van der Waals surface area contributed by atoms with E-state index in [1.165, 1.54) is 25.7 Å². The first-order valence-electron chi connectivity index (χ1n) is 4.20. The van der Waals surface area contributed by atoms with E-state index in [0.29, 0.717) is 12.2 Å². The Hall–Kier alpha value is -0.0800. The molecule has 2 heteroatoms. The van der Waals surface area contributed by atoms with Gasteiger partial charge in [-0.3, -0.25) is 0 Å². The van der Waals surface area contributed by atoms with Crippen LogP contribution < -0.4 is 0 Å². The van der Waals surface area contributed by atoms with E-state index >= 15 is 0 Å². The van der Waals surface area contributed by atoms with Crippen LogP contribution in [0, 0.1) is 0 Å². The Morgan fingerprint density at radius 3 is 1.80 bits per heavy atom. The summed E-state index contributed by atoms with van der Waals surface area (Å²) in [5.74, 6) is 0. The van der Waals surface area contributed by atoms with Crippen molar-refractivity contribution in [2.75, 3.05) is 13.2 Å². The standard InChI is InChI=1S/C8H14O2/c1-3-7-8(9-5-1)4-2-6-10-7/h7-8H,1-6H2. The fraction of sp³-hybridized carbons (Fsp3) is 1.00. The van der Waals surface area contributed by atoms with Crippen molar-refractivity contribution in [1.29, 1.82) is 0 Å². The van der Waals surface area contributed by atoms with Crippen LogP contribution in [-0.2, 0) is 9.47 Å². The SMILES string of the molecule is C1COC2CCCOC2C1. The first-order valence-corrected chi connectivity index (χ1v) is 4.20. The molecular weight excluding hydrogens is 128 g/mol. The molecule has 0 spiro atoms. The van der Waals surface area contributed by atoms with Crippen molar-refractivity contribution in [2.24, 2.45) is 0 Å². The van der Waals surface area contributed by atoms with Crippen molar-refractivity contribution in [3.8, 4) is 0 Å². The molecule has 0 saturated carbocycles. The van der Waals surface area contributed by atoms with E-state index < -0.39 is 0 Å². The zero-order valence-electron chi connectivity index (χ0n) is 6.21. The molecule has 0 bridgehead atoms. The molecule has 0 aliphatic carbocycles. The van der Waals surface area contributed by atoms with E-state index in [2.05, 4.69) is 0 Å². The summed E-state index contributed by atoms with van der Waals surface area (Å²) in [5.41, 5.74) is 0. The minimum Gasteiger partial charge on any atom is -0.376 e. The Morgan fingerprint density at radius 1 is 0.800 bits per heavy atom. The van der Waals surface area contributed by atoms with Crippen LogP contribution in [0.5, 0.6) is 0 Å². The number of rotatable bonds is 0. The van der Waals surface area contributed by atoms with Gasteiger partial charge in [-0.25, -0.2) is 0 Å². The maximum atomic E-state index is 5.56. The van der Waals surface area contributed by atoms with Crippen molar-refractivity contribution in [3.63, 3.8) is 0 Å². The van der Waals surface area contributed by atoms with Gasteiger partial charge in [0, 0.05) is 13.2 Å². The van der Waals surface area contributed by atoms with E-state index in [1.807, 2.05) is 0 Å². The fourth-order valence-corrected chi connectivity index (χ4v) is 1.79. The molecule has 0 N–H and O–H groups in total. The predicted molar refractivity (Wildman–Crippen MR) is 37.9 cm³/mol. The lowest BCUT2D eigenvalue weighted by atomic mass is 9.99. The van der Waals surface area contributed by atoms with Gasteiger partial charge in [0.15, 0.2) is 0 Å². The van der Waals surface area contributed by atoms with Gasteiger partial charge in [0.05, 0.1) is 12.2 Å². The molecule has 0 aromatic rings. The first kappa shape index (κ1) is 6.62. The normalized spacial score (nSPS) is 40.8. The quantitative estimate of drug-likeness (QED) is 0.508. The largest absolute Gasteiger partial charge is 0.376 e. The zero-order valence-corrected chi connectivity index (χ0v) is 6.21. The Bertz CT molecular complexity index is 87.8. The summed E-state index contributed by atoms with van der Waals surface area (Å²) in [4.78, 5) is 0. The van der Waals surface area contributed by atoms with Crippen molar-refractivity contribution in [1.82, 2.24) is 0 Å². The first-order chi connectivity index (χ1) is 4.97. The number of ether oxygens (including phenoxy) is 2. The van der Waals surface area contributed by atoms with Crippen LogP contribution >= 0.6 is 0 Å². The summed E-state index contributed by atoms with van der Waals surface area (Å²) < 4.78 is 11.1. The third-order valence-electron chi connectivity index (χ3n) is 2.34. The van der Waals surface area contributed by atoms with Gasteiger partial charge in [-0.05, 0) is 25.7 Å². The van der Waals surface area contributed by atoms with Gasteiger partial charge in [-0.15, -0.1) is 0 Å². The van der Waals surface area contributed by atoms with Gasteiger partial charge < -0.3 is 9.47 Å². The van der Waals surface area contributed by atoms with Crippen LogP contribution in [0.1, 0.15) is 25.7 Å². The highest BCUT2D eigenvalue weighted by molar-refractivity contribution is 4.78. The average molecular weight is 142 g/mol. The Labute approximate surface area is 61.5 Å². The Balaban J connectivity index is 1.93. The van der Waals surface area contributed by atoms with Crippen LogP contribution in [0.2, 0.25) is 0 Å². The molecular formula is C8H14O2. The van der Waals surface area contributed by atoms with Crippen LogP contribution in [-0.4, -0.2) is 25.4 Å². The van der Waals surface area contributed by atoms with Crippen LogP contribution in [0.4, 0.5) is 0 Å². The number of hydrogen-bond donors (Lipinski definition) is 0. The highest BCUT2D eigenvalue weighted by atomic mass is 16.5. The molecule has 0 aromatic heterocycles. The molecule has 2 atom stereocenters. The van der Waals surface area contributed by atoms with Crippen LogP contribution in [0.25, 0.3) is 0 Å². The van der Waals surface area contributed by atoms with E-state index in [9.17, 15) is 0 Å². The van der Waals surface area contributed by atoms with Gasteiger partial charge in [-0.2, -0.15) is 0 Å². The molecule has 0 amide bonds. The lowest BCUT2D eigenvalue weighted by molar-refractivity contribution is -0.133. The third-order valence-corrected chi connectivity index (χ3v) is 2.34. The molecule has 2 unspecified atom stereocenters. The smallest absolute Gasteiger partial charge is 0.0837 e. The maximum absolute atomic E-state index is 5.56. The molecule has 2 aliphatic rings. The molecule has 0 radical (unpaired) electrons. The summed E-state index contributed by atoms with van der Waals surface area (Å²) in [6, 6.07) is 0. The van der Waals surface area contributed by atoms with Crippen molar-refractivity contribution < 1.29 is 9.47 Å².